The van der Waals surface area contributed by atoms with E-state index < -0.39 is 0 Å². The number of para-hydroxylation sites is 1. The average Bonchev–Trinajstić information content (AvgIpc) is 2.88. The molecule has 35 heavy (non-hydrogen) atoms. The number of hydrogen-bond acceptors (Lipinski definition) is 4. The van der Waals surface area contributed by atoms with Gasteiger partial charge in [-0.25, -0.2) is 10.4 Å². The van der Waals surface area contributed by atoms with Crippen LogP contribution in [-0.4, -0.2) is 23.2 Å². The molecule has 0 atom stereocenters. The van der Waals surface area contributed by atoms with Gasteiger partial charge in [0.25, 0.3) is 5.91 Å². The molecule has 0 unspecified atom stereocenters. The molecule has 0 radical (unpaired) electrons. The molecule has 0 spiro atoms. The van der Waals surface area contributed by atoms with E-state index in [1.165, 1.54) is 0 Å². The number of ether oxygens (including phenoxy) is 1. The number of carbonyl (C=O) groups excluding carboxylic acids is 1. The minimum atomic E-state index is -0.320. The predicted octanol–water partition coefficient (Wildman–Crippen LogP) is 7.13. The third-order valence-electron chi connectivity index (χ3n) is 5.50. The van der Waals surface area contributed by atoms with Crippen LogP contribution in [0.1, 0.15) is 43.1 Å². The summed E-state index contributed by atoms with van der Waals surface area (Å²) in [6.07, 6.45) is 0.657. The van der Waals surface area contributed by atoms with E-state index in [9.17, 15) is 4.79 Å². The molecule has 178 valence electrons. The van der Waals surface area contributed by atoms with Crippen molar-refractivity contribution >= 4 is 34.1 Å². The zero-order valence-electron chi connectivity index (χ0n) is 20.1. The number of fused-ring (bicyclic) bond motifs is 1. The van der Waals surface area contributed by atoms with Crippen molar-refractivity contribution in [2.75, 3.05) is 6.61 Å². The van der Waals surface area contributed by atoms with E-state index in [0.717, 1.165) is 22.6 Å². The lowest BCUT2D eigenvalue weighted by atomic mass is 10.0. The van der Waals surface area contributed by atoms with Crippen LogP contribution in [0.2, 0.25) is 5.02 Å². The molecule has 1 aromatic heterocycles. The summed E-state index contributed by atoms with van der Waals surface area (Å²) in [4.78, 5) is 18.0. The SMILES string of the molecule is CC/C(=N/NC(=O)c1cc(-c2ccccc2)nc2c(Cl)cccc12)c1ccc(OCC(C)C)cc1. The number of nitrogens with one attached hydrogen (secondary N) is 1. The third kappa shape index (κ3) is 5.87. The summed E-state index contributed by atoms with van der Waals surface area (Å²) in [7, 11) is 0. The van der Waals surface area contributed by atoms with Crippen molar-refractivity contribution in [1.29, 1.82) is 0 Å². The Morgan fingerprint density at radius 2 is 1.77 bits per heavy atom. The first kappa shape index (κ1) is 24.4. The number of carbonyl (C=O) groups is 1. The van der Waals surface area contributed by atoms with E-state index in [1.807, 2.05) is 73.7 Å². The average molecular weight is 486 g/mol. The fourth-order valence-corrected chi connectivity index (χ4v) is 3.91. The molecule has 3 aromatic carbocycles. The van der Waals surface area contributed by atoms with E-state index in [1.54, 1.807) is 12.1 Å². The van der Waals surface area contributed by atoms with Crippen LogP contribution in [0, 0.1) is 5.92 Å². The zero-order chi connectivity index (χ0) is 24.8. The number of hydrogen-bond donors (Lipinski definition) is 1. The quantitative estimate of drug-likeness (QED) is 0.213. The van der Waals surface area contributed by atoms with Gasteiger partial charge in [0, 0.05) is 10.9 Å². The molecule has 4 aromatic rings. The molecule has 6 heteroatoms. The first-order valence-electron chi connectivity index (χ1n) is 11.7. The van der Waals surface area contributed by atoms with Crippen molar-refractivity contribution in [2.24, 2.45) is 11.0 Å². The smallest absolute Gasteiger partial charge is 0.272 e. The van der Waals surface area contributed by atoms with Crippen molar-refractivity contribution in [3.05, 3.63) is 95.0 Å². The molecule has 0 bridgehead atoms. The number of pyridine rings is 1. The van der Waals surface area contributed by atoms with Crippen molar-refractivity contribution in [3.63, 3.8) is 0 Å². The van der Waals surface area contributed by atoms with E-state index >= 15 is 0 Å². The molecule has 0 aliphatic heterocycles. The van der Waals surface area contributed by atoms with Crippen molar-refractivity contribution < 1.29 is 9.53 Å². The van der Waals surface area contributed by atoms with Crippen molar-refractivity contribution in [2.45, 2.75) is 27.2 Å². The lowest BCUT2D eigenvalue weighted by Gasteiger charge is -2.11. The maximum Gasteiger partial charge on any atom is 0.272 e. The number of hydrazone groups is 1. The molecule has 0 saturated carbocycles. The van der Waals surface area contributed by atoms with Gasteiger partial charge < -0.3 is 4.74 Å². The number of aromatic nitrogens is 1. The van der Waals surface area contributed by atoms with Crippen LogP contribution < -0.4 is 10.2 Å². The van der Waals surface area contributed by atoms with E-state index in [2.05, 4.69) is 24.4 Å². The second-order valence-electron chi connectivity index (χ2n) is 8.64. The second kappa shape index (κ2) is 11.2. The molecule has 1 amide bonds. The number of halogens is 1. The van der Waals surface area contributed by atoms with Crippen LogP contribution in [-0.2, 0) is 0 Å². The van der Waals surface area contributed by atoms with Gasteiger partial charge in [-0.2, -0.15) is 5.10 Å². The molecule has 1 heterocycles. The Bertz CT molecular complexity index is 1350. The lowest BCUT2D eigenvalue weighted by molar-refractivity contribution is 0.0956. The number of benzene rings is 3. The summed E-state index contributed by atoms with van der Waals surface area (Å²) < 4.78 is 5.76. The summed E-state index contributed by atoms with van der Waals surface area (Å²) in [6.45, 7) is 6.89. The highest BCUT2D eigenvalue weighted by atomic mass is 35.5. The molecule has 4 rings (SSSR count). The van der Waals surface area contributed by atoms with Gasteiger partial charge in [-0.05, 0) is 54.3 Å². The maximum atomic E-state index is 13.3. The summed E-state index contributed by atoms with van der Waals surface area (Å²) in [5, 5.41) is 5.62. The van der Waals surface area contributed by atoms with E-state index in [4.69, 9.17) is 21.3 Å². The van der Waals surface area contributed by atoms with Gasteiger partial charge in [-0.15, -0.1) is 0 Å². The minimum Gasteiger partial charge on any atom is -0.493 e. The van der Waals surface area contributed by atoms with Crippen LogP contribution in [0.5, 0.6) is 5.75 Å². The van der Waals surface area contributed by atoms with Gasteiger partial charge in [0.15, 0.2) is 0 Å². The van der Waals surface area contributed by atoms with Gasteiger partial charge in [0.2, 0.25) is 0 Å². The minimum absolute atomic E-state index is 0.320. The normalized spacial score (nSPS) is 11.6. The van der Waals surface area contributed by atoms with Gasteiger partial charge >= 0.3 is 0 Å². The van der Waals surface area contributed by atoms with Gasteiger partial charge in [0.1, 0.15) is 5.75 Å². The fraction of sp³-hybridized carbons (Fsp3) is 0.207. The topological polar surface area (TPSA) is 63.6 Å². The molecular formula is C29H28ClN3O2. The standard InChI is InChI=1S/C29H28ClN3O2/c1-4-26(21-13-15-22(16-14-21)35-18-19(2)3)32-33-29(34)24-17-27(20-9-6-5-7-10-20)31-28-23(24)11-8-12-25(28)30/h5-17,19H,4,18H2,1-3H3,(H,33,34)/b32-26-. The molecule has 0 aliphatic carbocycles. The lowest BCUT2D eigenvalue weighted by Crippen LogP contribution is -2.20. The Balaban J connectivity index is 1.63. The zero-order valence-corrected chi connectivity index (χ0v) is 20.8. The van der Waals surface area contributed by atoms with Crippen LogP contribution in [0.25, 0.3) is 22.2 Å². The van der Waals surface area contributed by atoms with Crippen molar-refractivity contribution in [1.82, 2.24) is 10.4 Å². The van der Waals surface area contributed by atoms with E-state index in [0.29, 0.717) is 46.1 Å². The summed E-state index contributed by atoms with van der Waals surface area (Å²) in [5.74, 6) is 0.953. The predicted molar refractivity (Wildman–Crippen MR) is 143 cm³/mol. The Labute approximate surface area is 210 Å². The number of nitrogens with zero attached hydrogens (tertiary/aromatic N) is 2. The summed E-state index contributed by atoms with van der Waals surface area (Å²) in [6, 6.07) is 24.7. The monoisotopic (exact) mass is 485 g/mol. The highest BCUT2D eigenvalue weighted by molar-refractivity contribution is 6.35. The number of rotatable bonds is 8. The number of amides is 1. The molecule has 0 aliphatic rings. The van der Waals surface area contributed by atoms with Gasteiger partial charge in [-0.3, -0.25) is 4.79 Å². The Hall–Kier alpha value is -3.70. The Kier molecular flexibility index (Phi) is 7.78. The molecule has 1 N–H and O–H groups in total. The first-order chi connectivity index (χ1) is 17.0. The second-order valence-corrected chi connectivity index (χ2v) is 9.05. The van der Waals surface area contributed by atoms with Crippen LogP contribution in [0.4, 0.5) is 0 Å². The van der Waals surface area contributed by atoms with E-state index in [-0.39, 0.29) is 5.91 Å². The highest BCUT2D eigenvalue weighted by Gasteiger charge is 2.16. The third-order valence-corrected chi connectivity index (χ3v) is 5.81. The van der Waals surface area contributed by atoms with Crippen LogP contribution in [0.3, 0.4) is 0 Å². The van der Waals surface area contributed by atoms with Gasteiger partial charge in [0.05, 0.1) is 34.1 Å². The van der Waals surface area contributed by atoms with Crippen LogP contribution >= 0.6 is 11.6 Å². The van der Waals surface area contributed by atoms with Gasteiger partial charge in [-0.1, -0.05) is 74.8 Å². The summed E-state index contributed by atoms with van der Waals surface area (Å²) >= 11 is 6.44. The maximum absolute atomic E-state index is 13.3. The largest absolute Gasteiger partial charge is 0.493 e. The van der Waals surface area contributed by atoms with Crippen LogP contribution in [0.15, 0.2) is 84.0 Å². The molecule has 5 nitrogen and oxygen atoms in total. The fourth-order valence-electron chi connectivity index (χ4n) is 3.69. The highest BCUT2D eigenvalue weighted by Crippen LogP contribution is 2.29. The molecular weight excluding hydrogens is 458 g/mol. The van der Waals surface area contributed by atoms with Crippen molar-refractivity contribution in [3.8, 4) is 17.0 Å². The molecule has 0 saturated heterocycles. The Morgan fingerprint density at radius 1 is 1.03 bits per heavy atom. The summed E-state index contributed by atoms with van der Waals surface area (Å²) in [5.41, 5.74) is 7.06. The molecule has 0 fully saturated rings. The first-order valence-corrected chi connectivity index (χ1v) is 12.1. The Morgan fingerprint density at radius 3 is 2.46 bits per heavy atom.